The fourth-order valence-corrected chi connectivity index (χ4v) is 3.81. The molecular weight excluding hydrogens is 634 g/mol. The predicted octanol–water partition coefficient (Wildman–Crippen LogP) is 3.10. The number of esters is 3. The Morgan fingerprint density at radius 3 is 2.03 bits per heavy atom. The van der Waals surface area contributed by atoms with Crippen molar-refractivity contribution in [3.8, 4) is 0 Å². The van der Waals surface area contributed by atoms with E-state index in [4.69, 9.17) is 18.9 Å². The fraction of sp³-hybridized carbons (Fsp3) is 0.571. The Morgan fingerprint density at radius 1 is 1.00 bits per heavy atom. The largest absolute Gasteiger partial charge is 0.459 e. The predicted molar refractivity (Wildman–Crippen MR) is 128 cm³/mol. The van der Waals surface area contributed by atoms with Crippen LogP contribution in [0.25, 0.3) is 0 Å². The highest BCUT2D eigenvalue weighted by molar-refractivity contribution is 14.1. The van der Waals surface area contributed by atoms with Gasteiger partial charge >= 0.3 is 17.9 Å². The molecule has 10 heteroatoms. The summed E-state index contributed by atoms with van der Waals surface area (Å²) in [6, 6.07) is 6.83. The van der Waals surface area contributed by atoms with Crippen LogP contribution in [0.15, 0.2) is 24.3 Å². The van der Waals surface area contributed by atoms with Gasteiger partial charge in [-0.3, -0.25) is 9.59 Å². The number of hydrogen-bond donors (Lipinski definition) is 1. The number of benzene rings is 1. The van der Waals surface area contributed by atoms with Gasteiger partial charge in [0.25, 0.3) is 0 Å². The molecule has 1 aromatic rings. The maximum absolute atomic E-state index is 12.4. The lowest BCUT2D eigenvalue weighted by Crippen LogP contribution is -2.60. The normalized spacial score (nSPS) is 25.9. The van der Waals surface area contributed by atoms with E-state index in [2.05, 4.69) is 22.6 Å². The number of ether oxygens (including phenoxy) is 4. The second-order valence-corrected chi connectivity index (χ2v) is 10.2. The zero-order valence-electron chi connectivity index (χ0n) is 17.6. The number of alkyl halides is 1. The van der Waals surface area contributed by atoms with Gasteiger partial charge in [0.15, 0.2) is 12.2 Å². The van der Waals surface area contributed by atoms with Crippen LogP contribution >= 0.6 is 45.2 Å². The minimum absolute atomic E-state index is 0.247. The van der Waals surface area contributed by atoms with Gasteiger partial charge in [-0.2, -0.15) is 0 Å². The van der Waals surface area contributed by atoms with Gasteiger partial charge in [0, 0.05) is 3.57 Å². The fourth-order valence-electron chi connectivity index (χ4n) is 2.66. The summed E-state index contributed by atoms with van der Waals surface area (Å²) in [5.41, 5.74) is 0.362. The average molecular weight is 660 g/mol. The van der Waals surface area contributed by atoms with Gasteiger partial charge in [-0.15, -0.1) is 0 Å². The second kappa shape index (κ2) is 11.8. The van der Waals surface area contributed by atoms with Crippen molar-refractivity contribution in [2.45, 2.75) is 56.2 Å². The molecule has 1 heterocycles. The standard InChI is InChI=1S/C21H26I2O8/c1-10(2)19(25)30-16-14(9-28-21(27)12-5-7-13(22)8-6-12)29-18(23)15(24)17(16)31-20(26)11(3)4/h5-8,10-11,14-18,24H,9H2,1-4H3/t14?,15-,16-,17-,18+/m1/s1. The van der Waals surface area contributed by atoms with Gasteiger partial charge in [-0.05, 0) is 69.4 Å². The number of aliphatic hydroxyl groups is 1. The summed E-state index contributed by atoms with van der Waals surface area (Å²) in [4.78, 5) is 36.9. The lowest BCUT2D eigenvalue weighted by molar-refractivity contribution is -0.230. The van der Waals surface area contributed by atoms with Crippen LogP contribution in [0.3, 0.4) is 0 Å². The molecular formula is C21H26I2O8. The van der Waals surface area contributed by atoms with Gasteiger partial charge in [0.1, 0.15) is 22.9 Å². The first-order valence-electron chi connectivity index (χ1n) is 9.82. The lowest BCUT2D eigenvalue weighted by Gasteiger charge is -2.42. The van der Waals surface area contributed by atoms with E-state index in [0.717, 1.165) is 3.57 Å². The third-order valence-electron chi connectivity index (χ3n) is 4.51. The van der Waals surface area contributed by atoms with Crippen LogP contribution in [0.4, 0.5) is 0 Å². The van der Waals surface area contributed by atoms with Gasteiger partial charge in [-0.1, -0.05) is 27.7 Å². The molecule has 0 saturated carbocycles. The molecule has 1 fully saturated rings. The summed E-state index contributed by atoms with van der Waals surface area (Å²) < 4.78 is 22.4. The summed E-state index contributed by atoms with van der Waals surface area (Å²) in [6.07, 6.45) is -4.44. The molecule has 2 rings (SSSR count). The Hall–Kier alpha value is -0.990. The van der Waals surface area contributed by atoms with Gasteiger partial charge in [0.05, 0.1) is 17.4 Å². The SMILES string of the molecule is CC(C)C(=O)O[C@@H]1[C@@H](O)[C@@H](I)OC(COC(=O)c2ccc(I)cc2)[C@H]1OC(=O)C(C)C. The summed E-state index contributed by atoms with van der Waals surface area (Å²) in [5.74, 6) is -2.56. The molecule has 172 valence electrons. The van der Waals surface area contributed by atoms with Crippen LogP contribution in [0.5, 0.6) is 0 Å². The first-order valence-corrected chi connectivity index (χ1v) is 12.1. The van der Waals surface area contributed by atoms with Crippen molar-refractivity contribution >= 4 is 63.1 Å². The zero-order valence-corrected chi connectivity index (χ0v) is 21.9. The molecule has 8 nitrogen and oxygen atoms in total. The van der Waals surface area contributed by atoms with Crippen LogP contribution in [0, 0.1) is 15.4 Å². The van der Waals surface area contributed by atoms with Crippen molar-refractivity contribution in [3.63, 3.8) is 0 Å². The Kier molecular flexibility index (Phi) is 9.96. The maximum Gasteiger partial charge on any atom is 0.338 e. The van der Waals surface area contributed by atoms with E-state index in [1.165, 1.54) is 0 Å². The molecule has 0 aliphatic carbocycles. The van der Waals surface area contributed by atoms with Crippen molar-refractivity contribution in [1.29, 1.82) is 0 Å². The maximum atomic E-state index is 12.4. The van der Waals surface area contributed by atoms with E-state index in [1.54, 1.807) is 52.0 Å². The second-order valence-electron chi connectivity index (χ2n) is 7.73. The molecule has 5 atom stereocenters. The Bertz CT molecular complexity index is 780. The zero-order chi connectivity index (χ0) is 23.3. The number of rotatable bonds is 7. The number of hydrogen-bond acceptors (Lipinski definition) is 8. The molecule has 1 unspecified atom stereocenters. The summed E-state index contributed by atoms with van der Waals surface area (Å²) in [5, 5.41) is 10.6. The van der Waals surface area contributed by atoms with E-state index in [0.29, 0.717) is 5.56 Å². The van der Waals surface area contributed by atoms with Crippen LogP contribution in [0.1, 0.15) is 38.1 Å². The Labute approximate surface area is 208 Å². The van der Waals surface area contributed by atoms with Crippen LogP contribution in [-0.2, 0) is 28.5 Å². The molecule has 0 aromatic heterocycles. The monoisotopic (exact) mass is 660 g/mol. The van der Waals surface area contributed by atoms with Gasteiger partial charge < -0.3 is 24.1 Å². The van der Waals surface area contributed by atoms with Crippen molar-refractivity contribution in [2.75, 3.05) is 6.61 Å². The topological polar surface area (TPSA) is 108 Å². The summed E-state index contributed by atoms with van der Waals surface area (Å²) >= 11 is 3.99. The molecule has 1 saturated heterocycles. The molecule has 1 aliphatic rings. The number of carbonyl (C=O) groups is 3. The highest BCUT2D eigenvalue weighted by atomic mass is 127. The molecule has 0 spiro atoms. The lowest BCUT2D eigenvalue weighted by atomic mass is 9.99. The van der Waals surface area contributed by atoms with E-state index < -0.39 is 58.3 Å². The smallest absolute Gasteiger partial charge is 0.338 e. The van der Waals surface area contributed by atoms with Crippen LogP contribution in [0.2, 0.25) is 0 Å². The van der Waals surface area contributed by atoms with Gasteiger partial charge in [0.2, 0.25) is 0 Å². The molecule has 1 aliphatic heterocycles. The van der Waals surface area contributed by atoms with E-state index in [-0.39, 0.29) is 6.61 Å². The minimum Gasteiger partial charge on any atom is -0.459 e. The highest BCUT2D eigenvalue weighted by Crippen LogP contribution is 2.30. The molecule has 0 amide bonds. The molecule has 1 aromatic carbocycles. The molecule has 0 bridgehead atoms. The molecule has 0 radical (unpaired) electrons. The Morgan fingerprint density at radius 2 is 1.52 bits per heavy atom. The average Bonchev–Trinajstić information content (AvgIpc) is 2.71. The van der Waals surface area contributed by atoms with E-state index >= 15 is 0 Å². The van der Waals surface area contributed by atoms with Crippen molar-refractivity contribution < 1.29 is 38.4 Å². The number of aliphatic hydroxyl groups excluding tert-OH is 1. The minimum atomic E-state index is -1.23. The third kappa shape index (κ3) is 7.26. The van der Waals surface area contributed by atoms with Gasteiger partial charge in [-0.25, -0.2) is 4.79 Å². The summed E-state index contributed by atoms with van der Waals surface area (Å²) in [6.45, 7) is 6.38. The van der Waals surface area contributed by atoms with Crippen molar-refractivity contribution in [2.24, 2.45) is 11.8 Å². The first-order chi connectivity index (χ1) is 14.5. The van der Waals surface area contributed by atoms with E-state index in [9.17, 15) is 19.5 Å². The quantitative estimate of drug-likeness (QED) is 0.206. The van der Waals surface area contributed by atoms with Crippen LogP contribution in [-0.4, -0.2) is 58.1 Å². The Balaban J connectivity index is 2.21. The number of halogens is 2. The summed E-state index contributed by atoms with van der Waals surface area (Å²) in [7, 11) is 0. The molecule has 31 heavy (non-hydrogen) atoms. The molecule has 1 N–H and O–H groups in total. The number of carbonyl (C=O) groups excluding carboxylic acids is 3. The first kappa shape index (κ1) is 26.3. The third-order valence-corrected chi connectivity index (χ3v) is 6.26. The van der Waals surface area contributed by atoms with Crippen molar-refractivity contribution in [1.82, 2.24) is 0 Å². The highest BCUT2D eigenvalue weighted by Gasteiger charge is 2.49. The van der Waals surface area contributed by atoms with Crippen LogP contribution < -0.4 is 0 Å². The van der Waals surface area contributed by atoms with Crippen molar-refractivity contribution in [3.05, 3.63) is 33.4 Å². The van der Waals surface area contributed by atoms with E-state index in [1.807, 2.05) is 22.6 Å².